The van der Waals surface area contributed by atoms with E-state index in [0.717, 1.165) is 12.8 Å². The Bertz CT molecular complexity index is 3160. The smallest absolute Gasteiger partial charge is 0.264 e. The molecule has 6 aromatic carbocycles. The predicted octanol–water partition coefficient (Wildman–Crippen LogP) is 16.3. The molecule has 0 N–H and O–H groups in total. The van der Waals surface area contributed by atoms with Gasteiger partial charge in [0.25, 0.3) is 6.71 Å². The van der Waals surface area contributed by atoms with Crippen LogP contribution >= 0.6 is 11.3 Å². The number of hydrogen-bond acceptors (Lipinski definition) is 3. The molecule has 0 radical (unpaired) electrons. The Morgan fingerprint density at radius 2 is 1.19 bits per heavy atom. The van der Waals surface area contributed by atoms with Crippen molar-refractivity contribution >= 4 is 78.0 Å². The van der Waals surface area contributed by atoms with Gasteiger partial charge in [-0.2, -0.15) is 0 Å². The summed E-state index contributed by atoms with van der Waals surface area (Å²) < 4.78 is 2.84. The Hall–Kier alpha value is -5.06. The molecule has 13 rings (SSSR count). The van der Waals surface area contributed by atoms with Crippen LogP contribution in [-0.2, 0) is 27.1 Å². The van der Waals surface area contributed by atoms with Crippen LogP contribution in [0.4, 0.5) is 34.1 Å². The topological polar surface area (TPSA) is 6.48 Å². The van der Waals surface area contributed by atoms with Crippen LogP contribution in [-0.4, -0.2) is 6.71 Å². The summed E-state index contributed by atoms with van der Waals surface area (Å²) in [6, 6.07) is 45.1. The van der Waals surface area contributed by atoms with Gasteiger partial charge >= 0.3 is 0 Å². The van der Waals surface area contributed by atoms with Crippen LogP contribution in [0.2, 0.25) is 0 Å². The number of nitrogens with zero attached hydrogens (tertiary/aromatic N) is 2. The van der Waals surface area contributed by atoms with Crippen molar-refractivity contribution in [3.8, 4) is 11.1 Å². The van der Waals surface area contributed by atoms with Crippen LogP contribution < -0.4 is 25.5 Å². The zero-order valence-corrected chi connectivity index (χ0v) is 43.1. The standard InChI is InChI=1S/C63H69BN2S/c1-59(2,3)41-22-26-45(27-23-41)65-53-32-40(38-16-14-13-15-17-38)33-54-56(53)64(58-57(65)47-35-44(61(7,8)9)25-29-55(47)67-58)50-36-48-49-37-52(50)66(54)51-28-24-43(60(4,5)6)34-46(51)39-18-20-42(21-19-39)63(49,12)31-30-62(48,10)11/h18-29,32-38H,13-17,30-31H2,1-12H3. The molecule has 1 unspecified atom stereocenters. The molecular formula is C63H69BN2S. The van der Waals surface area contributed by atoms with E-state index in [2.05, 4.69) is 202 Å². The second kappa shape index (κ2) is 14.5. The van der Waals surface area contributed by atoms with Crippen molar-refractivity contribution in [1.29, 1.82) is 0 Å². The van der Waals surface area contributed by atoms with Crippen LogP contribution in [0, 0.1) is 0 Å². The first-order valence-corrected chi connectivity index (χ1v) is 26.4. The molecule has 6 aliphatic rings. The van der Waals surface area contributed by atoms with Gasteiger partial charge in [-0.25, -0.2) is 0 Å². The molecule has 0 spiro atoms. The fourth-order valence-electron chi connectivity index (χ4n) is 12.9. The fraction of sp³-hybridized carbons (Fsp3) is 0.397. The molecule has 0 saturated heterocycles. The summed E-state index contributed by atoms with van der Waals surface area (Å²) in [4.78, 5) is 5.50. The lowest BCUT2D eigenvalue weighted by atomic mass is 9.35. The van der Waals surface area contributed by atoms with Gasteiger partial charge in [-0.3, -0.25) is 0 Å². The molecule has 7 aromatic rings. The number of anilines is 6. The van der Waals surface area contributed by atoms with Gasteiger partial charge in [0, 0.05) is 48.6 Å². The maximum atomic E-state index is 2.77. The Labute approximate surface area is 405 Å². The van der Waals surface area contributed by atoms with Crippen molar-refractivity contribution in [2.45, 2.75) is 161 Å². The molecule has 1 fully saturated rings. The predicted molar refractivity (Wildman–Crippen MR) is 292 cm³/mol. The lowest BCUT2D eigenvalue weighted by Gasteiger charge is -2.48. The van der Waals surface area contributed by atoms with Gasteiger partial charge in [-0.1, -0.05) is 157 Å². The van der Waals surface area contributed by atoms with Gasteiger partial charge in [-0.05, 0) is 163 Å². The minimum atomic E-state index is -0.110. The largest absolute Gasteiger partial charge is 0.311 e. The molecule has 67 heavy (non-hydrogen) atoms. The summed E-state index contributed by atoms with van der Waals surface area (Å²) >= 11 is 2.04. The van der Waals surface area contributed by atoms with Gasteiger partial charge in [0.2, 0.25) is 0 Å². The first-order chi connectivity index (χ1) is 31.7. The van der Waals surface area contributed by atoms with E-state index in [1.807, 2.05) is 11.3 Å². The van der Waals surface area contributed by atoms with E-state index in [4.69, 9.17) is 0 Å². The average Bonchev–Trinajstić information content (AvgIpc) is 3.67. The third-order valence-electron chi connectivity index (χ3n) is 17.3. The molecule has 2 nitrogen and oxygen atoms in total. The molecule has 1 atom stereocenters. The van der Waals surface area contributed by atoms with Crippen molar-refractivity contribution in [1.82, 2.24) is 0 Å². The van der Waals surface area contributed by atoms with Crippen LogP contribution in [0.25, 0.3) is 21.2 Å². The lowest BCUT2D eigenvalue weighted by Crippen LogP contribution is -2.61. The molecule has 1 saturated carbocycles. The van der Waals surface area contributed by atoms with Crippen molar-refractivity contribution in [2.75, 3.05) is 9.80 Å². The summed E-state index contributed by atoms with van der Waals surface area (Å²) in [5.41, 5.74) is 23.6. The first kappa shape index (κ1) is 43.2. The molecule has 4 aliphatic heterocycles. The van der Waals surface area contributed by atoms with Crippen LogP contribution in [0.1, 0.15) is 173 Å². The highest BCUT2D eigenvalue weighted by Gasteiger charge is 2.49. The van der Waals surface area contributed by atoms with Crippen LogP contribution in [0.3, 0.4) is 0 Å². The Balaban J connectivity index is 1.25. The normalized spacial score (nSPS) is 19.6. The summed E-state index contributed by atoms with van der Waals surface area (Å²) in [7, 11) is 0. The summed E-state index contributed by atoms with van der Waals surface area (Å²) in [6.45, 7) is 28.8. The molecule has 4 heteroatoms. The Kier molecular flexibility index (Phi) is 9.35. The minimum absolute atomic E-state index is 0.00456. The van der Waals surface area contributed by atoms with E-state index < -0.39 is 0 Å². The van der Waals surface area contributed by atoms with E-state index in [1.54, 1.807) is 0 Å². The van der Waals surface area contributed by atoms with E-state index in [9.17, 15) is 0 Å². The van der Waals surface area contributed by atoms with E-state index in [-0.39, 0.29) is 33.8 Å². The highest BCUT2D eigenvalue weighted by Crippen LogP contribution is 2.56. The second-order valence-electron chi connectivity index (χ2n) is 25.2. The molecule has 340 valence electrons. The third-order valence-corrected chi connectivity index (χ3v) is 18.5. The quantitative estimate of drug-likeness (QED) is 0.160. The lowest BCUT2D eigenvalue weighted by molar-refractivity contribution is 0.350. The number of hydrogen-bond donors (Lipinski definition) is 0. The van der Waals surface area contributed by atoms with E-state index in [0.29, 0.717) is 5.92 Å². The number of fused-ring (bicyclic) bond motifs is 7. The highest BCUT2D eigenvalue weighted by molar-refractivity contribution is 7.33. The SMILES string of the molecule is CC(C)(C)c1ccc(N2c3cc(C4CCCCC4)cc4c3B(c3cc5c6cc3N4c3ccc(C(C)(C)C)cc3-c3ccc(cc3)C6(C)CCC5(C)C)c3sc4ccc(C(C)(C)C)cc4c32)cc1. The maximum Gasteiger partial charge on any atom is 0.264 e. The zero-order valence-electron chi connectivity index (χ0n) is 42.3. The number of rotatable bonds is 2. The van der Waals surface area contributed by atoms with Crippen molar-refractivity contribution < 1.29 is 0 Å². The van der Waals surface area contributed by atoms with Crippen LogP contribution in [0.15, 0.2) is 109 Å². The Morgan fingerprint density at radius 1 is 0.567 bits per heavy atom. The van der Waals surface area contributed by atoms with Gasteiger partial charge in [0.1, 0.15) is 0 Å². The van der Waals surface area contributed by atoms with Crippen molar-refractivity contribution in [3.05, 3.63) is 148 Å². The van der Waals surface area contributed by atoms with E-state index in [1.165, 1.54) is 142 Å². The minimum Gasteiger partial charge on any atom is -0.311 e. The summed E-state index contributed by atoms with van der Waals surface area (Å²) in [6.07, 6.45) is 8.71. The van der Waals surface area contributed by atoms with Crippen molar-refractivity contribution in [2.24, 2.45) is 0 Å². The first-order valence-electron chi connectivity index (χ1n) is 25.6. The van der Waals surface area contributed by atoms with Crippen LogP contribution in [0.5, 0.6) is 0 Å². The van der Waals surface area contributed by atoms with Gasteiger partial charge < -0.3 is 9.80 Å². The monoisotopic (exact) mass is 897 g/mol. The summed E-state index contributed by atoms with van der Waals surface area (Å²) in [5.74, 6) is 0.528. The summed E-state index contributed by atoms with van der Waals surface area (Å²) in [5, 5.41) is 1.38. The average molecular weight is 897 g/mol. The fourth-order valence-corrected chi connectivity index (χ4v) is 14.2. The molecule has 0 amide bonds. The molecule has 2 aliphatic carbocycles. The van der Waals surface area contributed by atoms with Crippen molar-refractivity contribution in [3.63, 3.8) is 0 Å². The van der Waals surface area contributed by atoms with E-state index >= 15 is 0 Å². The third kappa shape index (κ3) is 6.54. The van der Waals surface area contributed by atoms with Gasteiger partial charge in [-0.15, -0.1) is 11.3 Å². The number of thiophene rings is 1. The Morgan fingerprint density at radius 3 is 1.87 bits per heavy atom. The van der Waals surface area contributed by atoms with Gasteiger partial charge in [0.05, 0.1) is 11.4 Å². The molecule has 1 aromatic heterocycles. The maximum absolute atomic E-state index is 2.77. The highest BCUT2D eigenvalue weighted by atomic mass is 32.1. The molecular weight excluding hydrogens is 828 g/mol. The second-order valence-corrected chi connectivity index (χ2v) is 26.3. The molecule has 5 heterocycles. The molecule has 4 bridgehead atoms. The van der Waals surface area contributed by atoms with Gasteiger partial charge in [0.15, 0.2) is 0 Å². The number of benzene rings is 6. The zero-order chi connectivity index (χ0) is 46.7.